The number of benzene rings is 2. The first-order valence-electron chi connectivity index (χ1n) is 9.83. The van der Waals surface area contributed by atoms with E-state index in [0.29, 0.717) is 29.7 Å². The van der Waals surface area contributed by atoms with Gasteiger partial charge in [-0.2, -0.15) is 9.29 Å². The maximum atomic E-state index is 13.2. The van der Waals surface area contributed by atoms with Gasteiger partial charge in [0.05, 0.1) is 10.8 Å². The van der Waals surface area contributed by atoms with E-state index in [9.17, 15) is 8.42 Å². The molecule has 0 aliphatic carbocycles. The van der Waals surface area contributed by atoms with Gasteiger partial charge in [0.2, 0.25) is 21.7 Å². The van der Waals surface area contributed by atoms with E-state index in [1.54, 1.807) is 16.4 Å². The van der Waals surface area contributed by atoms with Crippen LogP contribution in [0.1, 0.15) is 41.3 Å². The van der Waals surface area contributed by atoms with Crippen LogP contribution in [0.5, 0.6) is 0 Å². The molecule has 1 aliphatic rings. The molecule has 1 aromatic heterocycles. The number of aromatic nitrogens is 2. The number of aryl methyl sites for hydroxylation is 3. The van der Waals surface area contributed by atoms with Gasteiger partial charge in [-0.05, 0) is 62.4 Å². The summed E-state index contributed by atoms with van der Waals surface area (Å²) in [7, 11) is -3.55. The van der Waals surface area contributed by atoms with E-state index >= 15 is 0 Å². The smallest absolute Gasteiger partial charge is 0.243 e. The molecule has 0 bridgehead atoms. The SMILES string of the molecule is Cc1ccc(S(=O)(=O)N2CCC[C@H](c3nc(-c4ccccc4C)no3)C2)cc1C. The van der Waals surface area contributed by atoms with Crippen molar-refractivity contribution in [2.75, 3.05) is 13.1 Å². The molecule has 2 heterocycles. The Bertz CT molecular complexity index is 1140. The van der Waals surface area contributed by atoms with Crippen molar-refractivity contribution in [2.45, 2.75) is 44.4 Å². The van der Waals surface area contributed by atoms with Gasteiger partial charge in [-0.25, -0.2) is 8.42 Å². The second-order valence-corrected chi connectivity index (χ2v) is 9.66. The Kier molecular flexibility index (Phi) is 5.27. The van der Waals surface area contributed by atoms with Gasteiger partial charge < -0.3 is 4.52 Å². The molecule has 1 atom stereocenters. The fourth-order valence-electron chi connectivity index (χ4n) is 3.72. The third kappa shape index (κ3) is 3.84. The lowest BCUT2D eigenvalue weighted by Crippen LogP contribution is -2.39. The molecule has 0 unspecified atom stereocenters. The summed E-state index contributed by atoms with van der Waals surface area (Å²) in [6.07, 6.45) is 1.59. The Hall–Kier alpha value is -2.51. The van der Waals surface area contributed by atoms with Gasteiger partial charge in [0.25, 0.3) is 0 Å². The second-order valence-electron chi connectivity index (χ2n) is 7.72. The molecule has 0 N–H and O–H groups in total. The predicted octanol–water partition coefficient (Wildman–Crippen LogP) is 4.23. The summed E-state index contributed by atoms with van der Waals surface area (Å²) in [6, 6.07) is 13.2. The number of rotatable bonds is 4. The number of hydrogen-bond donors (Lipinski definition) is 0. The third-order valence-corrected chi connectivity index (χ3v) is 7.54. The summed E-state index contributed by atoms with van der Waals surface area (Å²) in [5, 5.41) is 4.14. The van der Waals surface area contributed by atoms with Crippen LogP contribution < -0.4 is 0 Å². The normalized spacial score (nSPS) is 18.1. The van der Waals surface area contributed by atoms with Crippen molar-refractivity contribution in [3.63, 3.8) is 0 Å². The molecule has 0 amide bonds. The molecule has 152 valence electrons. The Balaban J connectivity index is 1.57. The lowest BCUT2D eigenvalue weighted by molar-refractivity contribution is 0.265. The van der Waals surface area contributed by atoms with E-state index in [2.05, 4.69) is 10.1 Å². The van der Waals surface area contributed by atoms with Crippen molar-refractivity contribution in [3.8, 4) is 11.4 Å². The van der Waals surface area contributed by atoms with E-state index in [1.807, 2.05) is 51.1 Å². The van der Waals surface area contributed by atoms with Crippen LogP contribution in [0.2, 0.25) is 0 Å². The third-order valence-electron chi connectivity index (χ3n) is 5.68. The van der Waals surface area contributed by atoms with Crippen LogP contribution >= 0.6 is 0 Å². The van der Waals surface area contributed by atoms with Crippen molar-refractivity contribution in [1.82, 2.24) is 14.4 Å². The Morgan fingerprint density at radius 2 is 1.83 bits per heavy atom. The van der Waals surface area contributed by atoms with Crippen LogP contribution in [0.4, 0.5) is 0 Å². The number of piperidine rings is 1. The Labute approximate surface area is 171 Å². The van der Waals surface area contributed by atoms with Gasteiger partial charge in [0.15, 0.2) is 0 Å². The highest BCUT2D eigenvalue weighted by molar-refractivity contribution is 7.89. The van der Waals surface area contributed by atoms with E-state index in [-0.39, 0.29) is 5.92 Å². The van der Waals surface area contributed by atoms with Crippen molar-refractivity contribution >= 4 is 10.0 Å². The molecule has 3 aromatic rings. The maximum absolute atomic E-state index is 13.2. The highest BCUT2D eigenvalue weighted by Gasteiger charge is 2.33. The summed E-state index contributed by atoms with van der Waals surface area (Å²) in [4.78, 5) is 4.92. The average molecular weight is 412 g/mol. The average Bonchev–Trinajstić information content (AvgIpc) is 3.20. The first-order valence-corrected chi connectivity index (χ1v) is 11.3. The van der Waals surface area contributed by atoms with Gasteiger partial charge in [0.1, 0.15) is 0 Å². The van der Waals surface area contributed by atoms with Crippen molar-refractivity contribution < 1.29 is 12.9 Å². The van der Waals surface area contributed by atoms with Crippen LogP contribution in [0.15, 0.2) is 51.9 Å². The highest BCUT2D eigenvalue weighted by Crippen LogP contribution is 2.31. The molecule has 2 aromatic carbocycles. The molecular formula is C22H25N3O3S. The monoisotopic (exact) mass is 411 g/mol. The minimum Gasteiger partial charge on any atom is -0.339 e. The first kappa shape index (κ1) is 19.8. The maximum Gasteiger partial charge on any atom is 0.243 e. The van der Waals surface area contributed by atoms with Crippen LogP contribution in [0.3, 0.4) is 0 Å². The van der Waals surface area contributed by atoms with Crippen LogP contribution in [-0.2, 0) is 10.0 Å². The van der Waals surface area contributed by atoms with Crippen molar-refractivity contribution in [1.29, 1.82) is 0 Å². The largest absolute Gasteiger partial charge is 0.339 e. The molecule has 1 saturated heterocycles. The summed E-state index contributed by atoms with van der Waals surface area (Å²) >= 11 is 0. The molecule has 0 spiro atoms. The molecule has 1 fully saturated rings. The molecule has 7 heteroatoms. The summed E-state index contributed by atoms with van der Waals surface area (Å²) in [6.45, 7) is 6.77. The van der Waals surface area contributed by atoms with E-state index in [0.717, 1.165) is 35.1 Å². The van der Waals surface area contributed by atoms with E-state index < -0.39 is 10.0 Å². The number of sulfonamides is 1. The van der Waals surface area contributed by atoms with Gasteiger partial charge in [-0.1, -0.05) is 35.5 Å². The minimum atomic E-state index is -3.55. The van der Waals surface area contributed by atoms with Gasteiger partial charge in [0, 0.05) is 18.7 Å². The molecule has 0 saturated carbocycles. The Morgan fingerprint density at radius 3 is 2.59 bits per heavy atom. The molecule has 1 aliphatic heterocycles. The first-order chi connectivity index (χ1) is 13.9. The zero-order valence-electron chi connectivity index (χ0n) is 16.9. The minimum absolute atomic E-state index is 0.102. The molecule has 4 rings (SSSR count). The topological polar surface area (TPSA) is 76.3 Å². The second kappa shape index (κ2) is 7.72. The Morgan fingerprint density at radius 1 is 1.03 bits per heavy atom. The highest BCUT2D eigenvalue weighted by atomic mass is 32.2. The molecule has 6 nitrogen and oxygen atoms in total. The van der Waals surface area contributed by atoms with E-state index in [1.165, 1.54) is 0 Å². The predicted molar refractivity (Wildman–Crippen MR) is 111 cm³/mol. The zero-order chi connectivity index (χ0) is 20.6. The molecular weight excluding hydrogens is 386 g/mol. The summed E-state index contributed by atoms with van der Waals surface area (Å²) in [5.74, 6) is 0.950. The standard InChI is InChI=1S/C22H25N3O3S/c1-15-10-11-19(13-17(15)3)29(26,27)25-12-6-8-18(14-25)22-23-21(24-28-22)20-9-5-4-7-16(20)2/h4-5,7,9-11,13,18H,6,8,12,14H2,1-3H3/t18-/m0/s1. The number of hydrogen-bond acceptors (Lipinski definition) is 5. The van der Waals surface area contributed by atoms with Crippen molar-refractivity contribution in [2.24, 2.45) is 0 Å². The van der Waals surface area contributed by atoms with E-state index in [4.69, 9.17) is 4.52 Å². The van der Waals surface area contributed by atoms with Crippen LogP contribution in [-0.4, -0.2) is 36.0 Å². The lowest BCUT2D eigenvalue weighted by Gasteiger charge is -2.30. The number of nitrogens with zero attached hydrogens (tertiary/aromatic N) is 3. The zero-order valence-corrected chi connectivity index (χ0v) is 17.7. The van der Waals surface area contributed by atoms with Gasteiger partial charge in [-0.15, -0.1) is 0 Å². The fraction of sp³-hybridized carbons (Fsp3) is 0.364. The fourth-order valence-corrected chi connectivity index (χ4v) is 5.33. The molecule has 29 heavy (non-hydrogen) atoms. The van der Waals surface area contributed by atoms with Crippen LogP contribution in [0.25, 0.3) is 11.4 Å². The van der Waals surface area contributed by atoms with Crippen molar-refractivity contribution in [3.05, 3.63) is 65.0 Å². The molecule has 0 radical (unpaired) electrons. The quantitative estimate of drug-likeness (QED) is 0.642. The lowest BCUT2D eigenvalue weighted by atomic mass is 10.00. The summed E-state index contributed by atoms with van der Waals surface area (Å²) in [5.41, 5.74) is 4.05. The van der Waals surface area contributed by atoms with Crippen LogP contribution in [0, 0.1) is 20.8 Å². The summed E-state index contributed by atoms with van der Waals surface area (Å²) < 4.78 is 33.4. The van der Waals surface area contributed by atoms with Gasteiger partial charge in [-0.3, -0.25) is 0 Å². The van der Waals surface area contributed by atoms with Gasteiger partial charge >= 0.3 is 0 Å².